The molecule has 1 unspecified atom stereocenters. The highest BCUT2D eigenvalue weighted by molar-refractivity contribution is 14.1. The molecule has 5 nitrogen and oxygen atoms in total. The average molecular weight is 375 g/mol. The van der Waals surface area contributed by atoms with Crippen molar-refractivity contribution in [3.8, 4) is 0 Å². The zero-order chi connectivity index (χ0) is 13.7. The number of nitrogens with two attached hydrogens (primary N) is 1. The Morgan fingerprint density at radius 3 is 2.68 bits per heavy atom. The molecule has 0 spiro atoms. The van der Waals surface area contributed by atoms with Crippen molar-refractivity contribution in [3.63, 3.8) is 0 Å². The minimum Gasteiger partial charge on any atom is -0.339 e. The fraction of sp³-hybridized carbons (Fsp3) is 0.692. The van der Waals surface area contributed by atoms with Crippen molar-refractivity contribution in [1.29, 1.82) is 0 Å². The fourth-order valence-electron chi connectivity index (χ4n) is 2.34. The third kappa shape index (κ3) is 4.54. The number of halogens is 1. The topological polar surface area (TPSA) is 58.3 Å². The van der Waals surface area contributed by atoms with Gasteiger partial charge in [0.1, 0.15) is 0 Å². The van der Waals surface area contributed by atoms with Crippen LogP contribution in [-0.4, -0.2) is 54.1 Å². The third-order valence-corrected chi connectivity index (χ3v) is 4.01. The van der Waals surface area contributed by atoms with Gasteiger partial charge in [0.2, 0.25) is 5.95 Å². The van der Waals surface area contributed by atoms with Crippen LogP contribution in [0.2, 0.25) is 0 Å². The molecule has 0 aliphatic carbocycles. The number of hydrogen-bond donors (Lipinski definition) is 1. The summed E-state index contributed by atoms with van der Waals surface area (Å²) in [7, 11) is 0. The van der Waals surface area contributed by atoms with Crippen LogP contribution in [0.1, 0.15) is 13.3 Å². The van der Waals surface area contributed by atoms with Gasteiger partial charge in [0.25, 0.3) is 0 Å². The first kappa shape index (κ1) is 14.9. The second-order valence-electron chi connectivity index (χ2n) is 5.18. The third-order valence-electron chi connectivity index (χ3n) is 3.45. The van der Waals surface area contributed by atoms with Crippen LogP contribution in [0.5, 0.6) is 0 Å². The molecule has 0 amide bonds. The Labute approximate surface area is 128 Å². The van der Waals surface area contributed by atoms with Gasteiger partial charge in [-0.15, -0.1) is 0 Å². The summed E-state index contributed by atoms with van der Waals surface area (Å²) in [5, 5.41) is 0. The van der Waals surface area contributed by atoms with Gasteiger partial charge >= 0.3 is 0 Å². The predicted molar refractivity (Wildman–Crippen MR) is 86.2 cm³/mol. The van der Waals surface area contributed by atoms with E-state index < -0.39 is 0 Å². The monoisotopic (exact) mass is 375 g/mol. The molecule has 6 heteroatoms. The molecule has 0 aromatic carbocycles. The Morgan fingerprint density at radius 1 is 1.26 bits per heavy atom. The Morgan fingerprint density at radius 2 is 2.00 bits per heavy atom. The summed E-state index contributed by atoms with van der Waals surface area (Å²) in [4.78, 5) is 13.6. The van der Waals surface area contributed by atoms with Crippen LogP contribution < -0.4 is 10.6 Å². The molecule has 0 radical (unpaired) electrons. The van der Waals surface area contributed by atoms with Gasteiger partial charge in [0.15, 0.2) is 0 Å². The lowest BCUT2D eigenvalue weighted by molar-refractivity contribution is 0.255. The number of aromatic nitrogens is 2. The normalized spacial score (nSPS) is 19.2. The molecule has 0 saturated carbocycles. The minimum absolute atomic E-state index is 0.570. The summed E-state index contributed by atoms with van der Waals surface area (Å²) in [6, 6.07) is 0. The van der Waals surface area contributed by atoms with E-state index in [-0.39, 0.29) is 0 Å². The standard InChI is InChI=1S/C13H22IN5/c1-11(7-15)10-18-3-2-4-19(6-5-18)13-16-8-12(14)9-17-13/h8-9,11H,2-7,10,15H2,1H3. The summed E-state index contributed by atoms with van der Waals surface area (Å²) >= 11 is 2.23. The van der Waals surface area contributed by atoms with Gasteiger partial charge in [0.05, 0.1) is 0 Å². The van der Waals surface area contributed by atoms with E-state index in [9.17, 15) is 0 Å². The molecular formula is C13H22IN5. The van der Waals surface area contributed by atoms with E-state index in [1.807, 2.05) is 12.4 Å². The zero-order valence-electron chi connectivity index (χ0n) is 11.4. The van der Waals surface area contributed by atoms with E-state index in [0.717, 1.165) is 55.2 Å². The maximum atomic E-state index is 5.70. The zero-order valence-corrected chi connectivity index (χ0v) is 13.6. The predicted octanol–water partition coefficient (Wildman–Crippen LogP) is 1.19. The molecule has 1 fully saturated rings. The molecule has 2 heterocycles. The van der Waals surface area contributed by atoms with E-state index in [1.165, 1.54) is 0 Å². The van der Waals surface area contributed by atoms with Crippen molar-refractivity contribution in [3.05, 3.63) is 16.0 Å². The van der Waals surface area contributed by atoms with E-state index >= 15 is 0 Å². The quantitative estimate of drug-likeness (QED) is 0.802. The molecule has 1 saturated heterocycles. The summed E-state index contributed by atoms with van der Waals surface area (Å²) in [6.07, 6.45) is 4.91. The summed E-state index contributed by atoms with van der Waals surface area (Å²) in [5.41, 5.74) is 5.70. The first-order chi connectivity index (χ1) is 9.19. The van der Waals surface area contributed by atoms with Crippen LogP contribution in [0, 0.1) is 9.49 Å². The molecule has 1 aliphatic rings. The highest BCUT2D eigenvalue weighted by atomic mass is 127. The maximum absolute atomic E-state index is 5.70. The van der Waals surface area contributed by atoms with Crippen LogP contribution in [0.25, 0.3) is 0 Å². The van der Waals surface area contributed by atoms with E-state index in [4.69, 9.17) is 5.73 Å². The number of rotatable bonds is 4. The van der Waals surface area contributed by atoms with Crippen LogP contribution in [0.3, 0.4) is 0 Å². The Hall–Kier alpha value is -0.470. The molecule has 19 heavy (non-hydrogen) atoms. The first-order valence-corrected chi connectivity index (χ1v) is 7.92. The maximum Gasteiger partial charge on any atom is 0.225 e. The largest absolute Gasteiger partial charge is 0.339 e. The first-order valence-electron chi connectivity index (χ1n) is 6.84. The Bertz CT molecular complexity index is 383. The Balaban J connectivity index is 1.91. The van der Waals surface area contributed by atoms with Gasteiger partial charge in [0, 0.05) is 42.1 Å². The van der Waals surface area contributed by atoms with Crippen LogP contribution in [0.15, 0.2) is 12.4 Å². The lowest BCUT2D eigenvalue weighted by atomic mass is 10.1. The summed E-state index contributed by atoms with van der Waals surface area (Å²) in [5.74, 6) is 1.43. The number of nitrogens with zero attached hydrogens (tertiary/aromatic N) is 4. The second-order valence-corrected chi connectivity index (χ2v) is 6.43. The molecule has 1 aliphatic heterocycles. The van der Waals surface area contributed by atoms with Crippen molar-refractivity contribution in [2.24, 2.45) is 11.7 Å². The van der Waals surface area contributed by atoms with Gasteiger partial charge < -0.3 is 15.5 Å². The van der Waals surface area contributed by atoms with E-state index in [0.29, 0.717) is 5.92 Å². The van der Waals surface area contributed by atoms with Crippen LogP contribution in [0.4, 0.5) is 5.95 Å². The van der Waals surface area contributed by atoms with Crippen molar-refractivity contribution in [1.82, 2.24) is 14.9 Å². The molecule has 0 bridgehead atoms. The van der Waals surface area contributed by atoms with E-state index in [1.54, 1.807) is 0 Å². The average Bonchev–Trinajstić information content (AvgIpc) is 2.65. The highest BCUT2D eigenvalue weighted by Gasteiger charge is 2.17. The molecule has 1 atom stereocenters. The van der Waals surface area contributed by atoms with Crippen LogP contribution >= 0.6 is 22.6 Å². The van der Waals surface area contributed by atoms with Crippen molar-refractivity contribution >= 4 is 28.5 Å². The minimum atomic E-state index is 0.570. The summed E-state index contributed by atoms with van der Waals surface area (Å²) < 4.78 is 1.08. The van der Waals surface area contributed by atoms with E-state index in [2.05, 4.69) is 49.3 Å². The van der Waals surface area contributed by atoms with Crippen molar-refractivity contribution < 1.29 is 0 Å². The lowest BCUT2D eigenvalue weighted by Gasteiger charge is -2.23. The fourth-order valence-corrected chi connectivity index (χ4v) is 2.62. The van der Waals surface area contributed by atoms with Crippen molar-refractivity contribution in [2.75, 3.05) is 44.2 Å². The van der Waals surface area contributed by atoms with Crippen LogP contribution in [-0.2, 0) is 0 Å². The molecule has 1 aromatic heterocycles. The van der Waals surface area contributed by atoms with Gasteiger partial charge in [-0.3, -0.25) is 0 Å². The highest BCUT2D eigenvalue weighted by Crippen LogP contribution is 2.12. The molecular weight excluding hydrogens is 353 g/mol. The Kier molecular flexibility index (Phi) is 5.77. The van der Waals surface area contributed by atoms with Crippen molar-refractivity contribution in [2.45, 2.75) is 13.3 Å². The van der Waals surface area contributed by atoms with Gasteiger partial charge in [-0.25, -0.2) is 9.97 Å². The molecule has 106 valence electrons. The SMILES string of the molecule is CC(CN)CN1CCCN(c2ncc(I)cn2)CC1. The van der Waals surface area contributed by atoms with Gasteiger partial charge in [-0.1, -0.05) is 6.92 Å². The summed E-state index contributed by atoms with van der Waals surface area (Å²) in [6.45, 7) is 8.32. The molecule has 2 rings (SSSR count). The number of hydrogen-bond acceptors (Lipinski definition) is 5. The van der Waals surface area contributed by atoms with Gasteiger partial charge in [-0.05, 0) is 48.0 Å². The molecule has 2 N–H and O–H groups in total. The second kappa shape index (κ2) is 7.35. The number of anilines is 1. The molecule has 1 aromatic rings. The van der Waals surface area contributed by atoms with Gasteiger partial charge in [-0.2, -0.15) is 0 Å². The lowest BCUT2D eigenvalue weighted by Crippen LogP contribution is -2.35. The smallest absolute Gasteiger partial charge is 0.225 e.